The van der Waals surface area contributed by atoms with Crippen molar-refractivity contribution in [2.45, 2.75) is 96.8 Å². The maximum absolute atomic E-state index is 5.47. The monoisotopic (exact) mass is 391 g/mol. The molecule has 0 radical (unpaired) electrons. The van der Waals surface area contributed by atoms with E-state index in [9.17, 15) is 0 Å². The summed E-state index contributed by atoms with van der Waals surface area (Å²) in [6.07, 6.45) is 23.9. The van der Waals surface area contributed by atoms with Crippen molar-refractivity contribution in [1.82, 2.24) is 0 Å². The Morgan fingerprint density at radius 3 is 1.45 bits per heavy atom. The summed E-state index contributed by atoms with van der Waals surface area (Å²) in [5.41, 5.74) is 5.47. The van der Waals surface area contributed by atoms with Crippen LogP contribution in [0.2, 0.25) is 0 Å². The molecule has 0 spiro atoms. The minimum atomic E-state index is 0. The van der Waals surface area contributed by atoms with Crippen LogP contribution in [0.25, 0.3) is 0 Å². The van der Waals surface area contributed by atoms with Gasteiger partial charge in [-0.3, -0.25) is 0 Å². The number of hydrogen-bond acceptors (Lipinski definition) is 1. The molecule has 0 unspecified atom stereocenters. The molecule has 0 aromatic heterocycles. The molecule has 0 rings (SSSR count). The first kappa shape index (κ1) is 22.8. The molecular formula is C18H41NSn. The Balaban J connectivity index is 0. The Morgan fingerprint density at radius 1 is 0.600 bits per heavy atom. The number of allylic oxidation sites excluding steroid dienone is 2. The first-order chi connectivity index (χ1) is 9.41. The Labute approximate surface area is 145 Å². The van der Waals surface area contributed by atoms with E-state index in [2.05, 4.69) is 19.1 Å². The van der Waals surface area contributed by atoms with Crippen LogP contribution < -0.4 is 5.73 Å². The van der Waals surface area contributed by atoms with Crippen LogP contribution >= 0.6 is 0 Å². The second-order valence-electron chi connectivity index (χ2n) is 5.73. The van der Waals surface area contributed by atoms with Gasteiger partial charge < -0.3 is 5.73 Å². The summed E-state index contributed by atoms with van der Waals surface area (Å²) in [5, 5.41) is 0. The molecule has 2 heteroatoms. The van der Waals surface area contributed by atoms with Gasteiger partial charge in [0, 0.05) is 0 Å². The van der Waals surface area contributed by atoms with E-state index in [4.69, 9.17) is 5.73 Å². The average Bonchev–Trinajstić information content (AvgIpc) is 2.43. The van der Waals surface area contributed by atoms with E-state index in [1.54, 1.807) is 0 Å². The number of nitrogens with two attached hydrogens (primary N) is 1. The maximum atomic E-state index is 5.47. The molecule has 0 aromatic carbocycles. The molecule has 20 heavy (non-hydrogen) atoms. The Kier molecular flexibility index (Phi) is 24.8. The molecular weight excluding hydrogens is 349 g/mol. The third kappa shape index (κ3) is 20.8. The van der Waals surface area contributed by atoms with Crippen molar-refractivity contribution in [1.29, 1.82) is 0 Å². The van der Waals surface area contributed by atoms with Crippen molar-refractivity contribution in [3.05, 3.63) is 12.2 Å². The topological polar surface area (TPSA) is 26.0 Å². The average molecular weight is 390 g/mol. The number of hydrogen-bond donors (Lipinski definition) is 1. The molecule has 0 heterocycles. The standard InChI is InChI=1S/C18H37N.Sn.4H/c1-2-3-4-5-6-7-8-9-10-11-12-13-14-15-16-17-18-19;;;;;/h9-10H,2-8,11-19H2,1H3;;;;;/b10-9-;;;;;. The van der Waals surface area contributed by atoms with Crippen LogP contribution in [0, 0.1) is 0 Å². The van der Waals surface area contributed by atoms with Gasteiger partial charge in [0.1, 0.15) is 0 Å². The molecule has 0 aliphatic rings. The van der Waals surface area contributed by atoms with E-state index in [0.29, 0.717) is 0 Å². The second-order valence-corrected chi connectivity index (χ2v) is 5.73. The first-order valence-electron chi connectivity index (χ1n) is 8.77. The van der Waals surface area contributed by atoms with Crippen LogP contribution in [0.1, 0.15) is 96.8 Å². The Hall–Kier alpha value is 0.499. The van der Waals surface area contributed by atoms with Crippen molar-refractivity contribution < 1.29 is 0 Å². The van der Waals surface area contributed by atoms with Gasteiger partial charge in [-0.25, -0.2) is 0 Å². The van der Waals surface area contributed by atoms with Crippen molar-refractivity contribution in [2.24, 2.45) is 5.73 Å². The van der Waals surface area contributed by atoms with Gasteiger partial charge in [0.25, 0.3) is 0 Å². The molecule has 122 valence electrons. The minimum absolute atomic E-state index is 0. The fraction of sp³-hybridized carbons (Fsp3) is 0.889. The van der Waals surface area contributed by atoms with Gasteiger partial charge in [0.2, 0.25) is 0 Å². The van der Waals surface area contributed by atoms with Gasteiger partial charge in [-0.05, 0) is 38.6 Å². The van der Waals surface area contributed by atoms with Crippen LogP contribution in [-0.2, 0) is 0 Å². The Morgan fingerprint density at radius 2 is 1.00 bits per heavy atom. The van der Waals surface area contributed by atoms with Crippen molar-refractivity contribution in [2.75, 3.05) is 6.54 Å². The van der Waals surface area contributed by atoms with E-state index in [0.717, 1.165) is 6.54 Å². The summed E-state index contributed by atoms with van der Waals surface area (Å²) in [7, 11) is 0. The summed E-state index contributed by atoms with van der Waals surface area (Å²) < 4.78 is 0. The van der Waals surface area contributed by atoms with E-state index in [1.165, 1.54) is 89.9 Å². The zero-order valence-corrected chi connectivity index (χ0v) is 13.3. The van der Waals surface area contributed by atoms with Crippen LogP contribution in [-0.4, -0.2) is 30.5 Å². The van der Waals surface area contributed by atoms with E-state index >= 15 is 0 Å². The third-order valence-corrected chi connectivity index (χ3v) is 3.72. The fourth-order valence-corrected chi connectivity index (χ4v) is 2.39. The summed E-state index contributed by atoms with van der Waals surface area (Å²) in [6.45, 7) is 3.14. The van der Waals surface area contributed by atoms with Crippen molar-refractivity contribution >= 4 is 23.9 Å². The molecule has 0 aromatic rings. The van der Waals surface area contributed by atoms with E-state index in [1.807, 2.05) is 0 Å². The summed E-state index contributed by atoms with van der Waals surface area (Å²) in [5.74, 6) is 0. The zero-order chi connectivity index (χ0) is 14.0. The fourth-order valence-electron chi connectivity index (χ4n) is 2.39. The predicted molar refractivity (Wildman–Crippen MR) is 99.8 cm³/mol. The van der Waals surface area contributed by atoms with Gasteiger partial charge in [-0.1, -0.05) is 76.9 Å². The van der Waals surface area contributed by atoms with Crippen molar-refractivity contribution in [3.8, 4) is 0 Å². The van der Waals surface area contributed by atoms with Gasteiger partial charge >= 0.3 is 23.9 Å². The summed E-state index contributed by atoms with van der Waals surface area (Å²) in [4.78, 5) is 0. The molecule has 2 N–H and O–H groups in total. The molecule has 0 saturated carbocycles. The summed E-state index contributed by atoms with van der Waals surface area (Å²) in [6, 6.07) is 0. The molecule has 0 saturated heterocycles. The van der Waals surface area contributed by atoms with Crippen LogP contribution in [0.4, 0.5) is 0 Å². The van der Waals surface area contributed by atoms with Crippen LogP contribution in [0.15, 0.2) is 12.2 Å². The molecule has 0 fully saturated rings. The van der Waals surface area contributed by atoms with Crippen LogP contribution in [0.3, 0.4) is 0 Å². The molecule has 0 aliphatic heterocycles. The third-order valence-electron chi connectivity index (χ3n) is 3.72. The van der Waals surface area contributed by atoms with Gasteiger partial charge in [0.05, 0.1) is 0 Å². The molecule has 0 aliphatic carbocycles. The normalized spacial score (nSPS) is 10.9. The SMILES string of the molecule is CCCCCCCC/C=C\CCCCCCCCN.[SnH4]. The second kappa shape index (κ2) is 21.8. The van der Waals surface area contributed by atoms with E-state index < -0.39 is 0 Å². The predicted octanol–water partition coefficient (Wildman–Crippen LogP) is 4.53. The quantitative estimate of drug-likeness (QED) is 0.248. The van der Waals surface area contributed by atoms with Gasteiger partial charge in [0.15, 0.2) is 0 Å². The Bertz CT molecular complexity index is 180. The van der Waals surface area contributed by atoms with Crippen molar-refractivity contribution in [3.63, 3.8) is 0 Å². The zero-order valence-electron chi connectivity index (χ0n) is 13.3. The molecule has 1 nitrogen and oxygen atoms in total. The van der Waals surface area contributed by atoms with Crippen LogP contribution in [0.5, 0.6) is 0 Å². The molecule has 0 atom stereocenters. The van der Waals surface area contributed by atoms with Gasteiger partial charge in [-0.2, -0.15) is 0 Å². The van der Waals surface area contributed by atoms with Gasteiger partial charge in [-0.15, -0.1) is 0 Å². The molecule has 0 amide bonds. The number of unbranched alkanes of at least 4 members (excludes halogenated alkanes) is 12. The first-order valence-corrected chi connectivity index (χ1v) is 8.77. The van der Waals surface area contributed by atoms with E-state index in [-0.39, 0.29) is 23.9 Å². The summed E-state index contributed by atoms with van der Waals surface area (Å²) >= 11 is 0. The number of rotatable bonds is 15. The molecule has 0 bridgehead atoms.